The van der Waals surface area contributed by atoms with Crippen molar-refractivity contribution in [2.75, 3.05) is 5.32 Å². The molecule has 0 aliphatic rings. The number of carbonyl (C=O) groups is 1. The number of aryl methyl sites for hydroxylation is 1. The molecule has 8 heteroatoms. The zero-order valence-corrected chi connectivity index (χ0v) is 15.0. The molecule has 4 rings (SSSR count). The van der Waals surface area contributed by atoms with Gasteiger partial charge in [0.25, 0.3) is 5.89 Å². The molecule has 0 bridgehead atoms. The van der Waals surface area contributed by atoms with Crippen molar-refractivity contribution in [3.8, 4) is 23.0 Å². The maximum atomic E-state index is 13.0. The molecule has 4 aromatic rings. The third-order valence-corrected chi connectivity index (χ3v) is 4.09. The van der Waals surface area contributed by atoms with Crippen molar-refractivity contribution in [1.82, 2.24) is 19.7 Å². The van der Waals surface area contributed by atoms with Crippen LogP contribution in [-0.4, -0.2) is 25.6 Å². The number of halogens is 1. The topological polar surface area (TPSA) is 85.8 Å². The predicted molar refractivity (Wildman–Crippen MR) is 101 cm³/mol. The first-order chi connectivity index (χ1) is 13.6. The molecule has 2 heterocycles. The first-order valence-corrected chi connectivity index (χ1v) is 8.57. The molecular weight excluding hydrogens is 361 g/mol. The van der Waals surface area contributed by atoms with Gasteiger partial charge in [0.05, 0.1) is 0 Å². The van der Waals surface area contributed by atoms with Crippen molar-refractivity contribution in [2.45, 2.75) is 13.5 Å². The summed E-state index contributed by atoms with van der Waals surface area (Å²) in [5.74, 6) is 0.770. The Bertz CT molecular complexity index is 1100. The van der Waals surface area contributed by atoms with E-state index in [1.54, 1.807) is 17.7 Å². The molecule has 0 fully saturated rings. The van der Waals surface area contributed by atoms with E-state index in [0.29, 0.717) is 28.9 Å². The second-order valence-electron chi connectivity index (χ2n) is 6.15. The number of hydrogen-bond acceptors (Lipinski definition) is 5. The zero-order valence-electron chi connectivity index (χ0n) is 15.0. The third kappa shape index (κ3) is 3.80. The highest BCUT2D eigenvalue weighted by molar-refractivity contribution is 5.90. The van der Waals surface area contributed by atoms with Gasteiger partial charge in [-0.2, -0.15) is 4.98 Å². The van der Waals surface area contributed by atoms with Crippen LogP contribution in [0.15, 0.2) is 65.3 Å². The fraction of sp³-hybridized carbons (Fsp3) is 0.100. The van der Waals surface area contributed by atoms with Crippen molar-refractivity contribution in [3.63, 3.8) is 0 Å². The van der Waals surface area contributed by atoms with Gasteiger partial charge in [-0.1, -0.05) is 23.4 Å². The van der Waals surface area contributed by atoms with Crippen LogP contribution in [-0.2, 0) is 11.3 Å². The minimum atomic E-state index is -0.358. The highest BCUT2D eigenvalue weighted by atomic mass is 19.1. The molecule has 0 aliphatic carbocycles. The zero-order chi connectivity index (χ0) is 19.5. The number of nitrogens with zero attached hydrogens (tertiary/aromatic N) is 4. The second kappa shape index (κ2) is 7.43. The van der Waals surface area contributed by atoms with Crippen LogP contribution in [0.25, 0.3) is 23.0 Å². The van der Waals surface area contributed by atoms with Gasteiger partial charge in [-0.15, -0.1) is 0 Å². The highest BCUT2D eigenvalue weighted by Crippen LogP contribution is 2.21. The Morgan fingerprint density at radius 2 is 1.86 bits per heavy atom. The Labute approximate surface area is 159 Å². The Hall–Kier alpha value is -3.81. The molecule has 0 aliphatic heterocycles. The van der Waals surface area contributed by atoms with Crippen LogP contribution in [0.3, 0.4) is 0 Å². The Morgan fingerprint density at radius 3 is 2.61 bits per heavy atom. The van der Waals surface area contributed by atoms with E-state index in [4.69, 9.17) is 4.52 Å². The molecular formula is C20H16FN5O2. The van der Waals surface area contributed by atoms with E-state index in [9.17, 15) is 9.18 Å². The summed E-state index contributed by atoms with van der Waals surface area (Å²) >= 11 is 0. The molecule has 0 atom stereocenters. The summed E-state index contributed by atoms with van der Waals surface area (Å²) < 4.78 is 19.9. The third-order valence-electron chi connectivity index (χ3n) is 4.09. The van der Waals surface area contributed by atoms with E-state index in [1.807, 2.05) is 30.3 Å². The lowest BCUT2D eigenvalue weighted by Crippen LogP contribution is -2.19. The Morgan fingerprint density at radius 1 is 1.11 bits per heavy atom. The van der Waals surface area contributed by atoms with Crippen LogP contribution < -0.4 is 5.32 Å². The average molecular weight is 377 g/mol. The van der Waals surface area contributed by atoms with Gasteiger partial charge in [0, 0.05) is 17.4 Å². The average Bonchev–Trinajstić information content (AvgIpc) is 3.32. The van der Waals surface area contributed by atoms with Gasteiger partial charge in [0.15, 0.2) is 0 Å². The van der Waals surface area contributed by atoms with Crippen LogP contribution in [0.4, 0.5) is 10.1 Å². The number of rotatable bonds is 5. The van der Waals surface area contributed by atoms with E-state index in [2.05, 4.69) is 20.4 Å². The maximum Gasteiger partial charge on any atom is 0.258 e. The summed E-state index contributed by atoms with van der Waals surface area (Å²) in [5, 5.41) is 6.69. The summed E-state index contributed by atoms with van der Waals surface area (Å²) in [6.07, 6.45) is 1.69. The summed E-state index contributed by atoms with van der Waals surface area (Å²) in [5.41, 5.74) is 1.85. The minimum Gasteiger partial charge on any atom is -0.334 e. The number of imidazole rings is 1. The van der Waals surface area contributed by atoms with Gasteiger partial charge in [0.1, 0.15) is 23.9 Å². The molecule has 7 nitrogen and oxygen atoms in total. The second-order valence-corrected chi connectivity index (χ2v) is 6.15. The Kier molecular flexibility index (Phi) is 4.67. The quantitative estimate of drug-likeness (QED) is 0.573. The first kappa shape index (κ1) is 17.6. The minimum absolute atomic E-state index is 0.0552. The standard InChI is InChI=1S/C20H16FN5O2/c1-13-22-17(19-24-20(28-25-19)14-5-3-2-4-6-14)11-26(13)12-18(27)23-16-9-7-15(21)8-10-16/h2-11H,12H2,1H3,(H,23,27). The molecule has 0 unspecified atom stereocenters. The molecule has 2 aromatic heterocycles. The van der Waals surface area contributed by atoms with E-state index >= 15 is 0 Å². The van der Waals surface area contributed by atoms with Crippen LogP contribution in [0, 0.1) is 12.7 Å². The largest absolute Gasteiger partial charge is 0.334 e. The maximum absolute atomic E-state index is 13.0. The summed E-state index contributed by atoms with van der Waals surface area (Å²) in [6.45, 7) is 1.84. The number of amides is 1. The summed E-state index contributed by atoms with van der Waals surface area (Å²) in [4.78, 5) is 21.0. The van der Waals surface area contributed by atoms with E-state index in [-0.39, 0.29) is 18.3 Å². The van der Waals surface area contributed by atoms with Crippen LogP contribution in [0.5, 0.6) is 0 Å². The van der Waals surface area contributed by atoms with E-state index in [0.717, 1.165) is 5.56 Å². The van der Waals surface area contributed by atoms with Crippen LogP contribution >= 0.6 is 0 Å². The van der Waals surface area contributed by atoms with Gasteiger partial charge in [0.2, 0.25) is 11.7 Å². The molecule has 2 aromatic carbocycles. The summed E-state index contributed by atoms with van der Waals surface area (Å²) in [7, 11) is 0. The van der Waals surface area contributed by atoms with Crippen LogP contribution in [0.2, 0.25) is 0 Å². The van der Waals surface area contributed by atoms with E-state index < -0.39 is 0 Å². The SMILES string of the molecule is Cc1nc(-c2noc(-c3ccccc3)n2)cn1CC(=O)Nc1ccc(F)cc1. The van der Waals surface area contributed by atoms with Gasteiger partial charge in [-0.25, -0.2) is 9.37 Å². The van der Waals surface area contributed by atoms with Crippen molar-refractivity contribution >= 4 is 11.6 Å². The molecule has 1 amide bonds. The number of carbonyl (C=O) groups excluding carboxylic acids is 1. The van der Waals surface area contributed by atoms with Gasteiger partial charge < -0.3 is 14.4 Å². The highest BCUT2D eigenvalue weighted by Gasteiger charge is 2.15. The van der Waals surface area contributed by atoms with Crippen molar-refractivity contribution in [3.05, 3.63) is 72.4 Å². The molecule has 1 N–H and O–H groups in total. The van der Waals surface area contributed by atoms with Gasteiger partial charge in [-0.05, 0) is 43.3 Å². The fourth-order valence-corrected chi connectivity index (χ4v) is 2.69. The van der Waals surface area contributed by atoms with Crippen LogP contribution in [0.1, 0.15) is 5.82 Å². The lowest BCUT2D eigenvalue weighted by atomic mass is 10.2. The Balaban J connectivity index is 1.48. The number of nitrogens with one attached hydrogen (secondary N) is 1. The van der Waals surface area contributed by atoms with Gasteiger partial charge >= 0.3 is 0 Å². The van der Waals surface area contributed by atoms with Gasteiger partial charge in [-0.3, -0.25) is 4.79 Å². The smallest absolute Gasteiger partial charge is 0.258 e. The molecule has 28 heavy (non-hydrogen) atoms. The first-order valence-electron chi connectivity index (χ1n) is 8.57. The normalized spacial score (nSPS) is 10.8. The number of aromatic nitrogens is 4. The molecule has 0 saturated carbocycles. The molecule has 140 valence electrons. The molecule has 0 radical (unpaired) electrons. The van der Waals surface area contributed by atoms with Crippen molar-refractivity contribution in [1.29, 1.82) is 0 Å². The number of anilines is 1. The monoisotopic (exact) mass is 377 g/mol. The fourth-order valence-electron chi connectivity index (χ4n) is 2.69. The lowest BCUT2D eigenvalue weighted by Gasteiger charge is -2.06. The lowest BCUT2D eigenvalue weighted by molar-refractivity contribution is -0.116. The number of benzene rings is 2. The predicted octanol–water partition coefficient (Wildman–Crippen LogP) is 3.69. The van der Waals surface area contributed by atoms with Crippen molar-refractivity contribution in [2.24, 2.45) is 0 Å². The van der Waals surface area contributed by atoms with E-state index in [1.165, 1.54) is 24.3 Å². The summed E-state index contributed by atoms with van der Waals surface area (Å²) in [6, 6.07) is 15.0. The molecule has 0 spiro atoms. The molecule has 0 saturated heterocycles. The van der Waals surface area contributed by atoms with Crippen molar-refractivity contribution < 1.29 is 13.7 Å². The number of hydrogen-bond donors (Lipinski definition) is 1.